The van der Waals surface area contributed by atoms with Gasteiger partial charge in [0.15, 0.2) is 0 Å². The molecule has 0 aliphatic carbocycles. The van der Waals surface area contributed by atoms with Crippen molar-refractivity contribution in [2.24, 2.45) is 0 Å². The van der Waals surface area contributed by atoms with Gasteiger partial charge >= 0.3 is 6.09 Å². The van der Waals surface area contributed by atoms with E-state index < -0.39 is 17.7 Å². The number of hydrogen-bond donors (Lipinski definition) is 1. The molecule has 1 aromatic rings. The Morgan fingerprint density at radius 3 is 2.58 bits per heavy atom. The molecule has 0 radical (unpaired) electrons. The molecule has 0 saturated carbocycles. The lowest BCUT2D eigenvalue weighted by Gasteiger charge is -2.28. The predicted octanol–water partition coefficient (Wildman–Crippen LogP) is 2.35. The first kappa shape index (κ1) is 17.5. The second kappa shape index (κ2) is 7.18. The van der Waals surface area contributed by atoms with Crippen molar-refractivity contribution in [2.45, 2.75) is 39.0 Å². The smallest absolute Gasteiger partial charge is 0.411 e. The minimum Gasteiger partial charge on any atom is -0.444 e. The lowest BCUT2D eigenvalue weighted by molar-refractivity contribution is -0.124. The van der Waals surface area contributed by atoms with Crippen LogP contribution in [0.4, 0.5) is 4.79 Å². The third-order valence-corrected chi connectivity index (χ3v) is 3.40. The molecule has 1 unspecified atom stereocenters. The highest BCUT2D eigenvalue weighted by atomic mass is 16.6. The van der Waals surface area contributed by atoms with E-state index in [9.17, 15) is 9.59 Å². The summed E-state index contributed by atoms with van der Waals surface area (Å²) < 4.78 is 5.33. The number of carbonyl (C=O) groups is 2. The molecule has 6 nitrogen and oxygen atoms in total. The van der Waals surface area contributed by atoms with Crippen molar-refractivity contribution >= 4 is 12.0 Å². The van der Waals surface area contributed by atoms with Crippen LogP contribution in [-0.4, -0.2) is 35.1 Å². The fourth-order valence-electron chi connectivity index (χ4n) is 2.25. The molecule has 6 heteroatoms. The van der Waals surface area contributed by atoms with Gasteiger partial charge in [-0.05, 0) is 38.5 Å². The van der Waals surface area contributed by atoms with Crippen LogP contribution in [0.25, 0.3) is 0 Å². The van der Waals surface area contributed by atoms with Gasteiger partial charge in [-0.1, -0.05) is 24.3 Å². The highest BCUT2D eigenvalue weighted by molar-refractivity contribution is 5.88. The van der Waals surface area contributed by atoms with Crippen LogP contribution in [0, 0.1) is 11.3 Å². The van der Waals surface area contributed by atoms with Crippen molar-refractivity contribution < 1.29 is 14.3 Å². The van der Waals surface area contributed by atoms with E-state index in [2.05, 4.69) is 5.32 Å². The average Bonchev–Trinajstić information content (AvgIpc) is 3.01. The molecule has 1 aromatic carbocycles. The molecule has 24 heavy (non-hydrogen) atoms. The molecule has 0 spiro atoms. The SMILES string of the molecule is CC(C)(C)OC(=O)N1CC=CC1C(=O)NCc1ccc(C#N)cc1. The largest absolute Gasteiger partial charge is 0.444 e. The topological polar surface area (TPSA) is 82.4 Å². The zero-order chi connectivity index (χ0) is 17.7. The fraction of sp³-hybridized carbons (Fsp3) is 0.389. The van der Waals surface area contributed by atoms with Crippen molar-refractivity contribution in [3.8, 4) is 6.07 Å². The second-order valence-electron chi connectivity index (χ2n) is 6.53. The molecule has 0 saturated heterocycles. The summed E-state index contributed by atoms with van der Waals surface area (Å²) in [5.41, 5.74) is 0.844. The predicted molar refractivity (Wildman–Crippen MR) is 88.9 cm³/mol. The van der Waals surface area contributed by atoms with Gasteiger partial charge in [0, 0.05) is 13.1 Å². The standard InChI is InChI=1S/C18H21N3O3/c1-18(2,3)24-17(23)21-10-4-5-15(21)16(22)20-12-14-8-6-13(11-19)7-9-14/h4-9,15H,10,12H2,1-3H3,(H,20,22). The highest BCUT2D eigenvalue weighted by Crippen LogP contribution is 2.16. The van der Waals surface area contributed by atoms with Crippen molar-refractivity contribution in [1.29, 1.82) is 5.26 Å². The molecule has 0 fully saturated rings. The number of amides is 2. The Hall–Kier alpha value is -2.81. The summed E-state index contributed by atoms with van der Waals surface area (Å²) in [7, 11) is 0. The number of benzene rings is 1. The molecular formula is C18H21N3O3. The van der Waals surface area contributed by atoms with Gasteiger partial charge in [0.1, 0.15) is 11.6 Å². The normalized spacial score (nSPS) is 16.6. The molecule has 2 rings (SSSR count). The van der Waals surface area contributed by atoms with Crippen LogP contribution in [-0.2, 0) is 16.1 Å². The highest BCUT2D eigenvalue weighted by Gasteiger charge is 2.33. The number of hydrogen-bond acceptors (Lipinski definition) is 4. The summed E-state index contributed by atoms with van der Waals surface area (Å²) in [4.78, 5) is 25.9. The molecule has 1 atom stereocenters. The molecule has 1 N–H and O–H groups in total. The molecule has 1 aliphatic heterocycles. The molecule has 2 amide bonds. The van der Waals surface area contributed by atoms with Crippen molar-refractivity contribution in [2.75, 3.05) is 6.54 Å². The molecule has 0 bridgehead atoms. The van der Waals surface area contributed by atoms with Crippen LogP contribution in [0.2, 0.25) is 0 Å². The van der Waals surface area contributed by atoms with E-state index in [1.54, 1.807) is 57.2 Å². The van der Waals surface area contributed by atoms with E-state index in [4.69, 9.17) is 10.00 Å². The summed E-state index contributed by atoms with van der Waals surface area (Å²) >= 11 is 0. The molecule has 126 valence electrons. The quantitative estimate of drug-likeness (QED) is 0.864. The number of nitrogens with zero attached hydrogens (tertiary/aromatic N) is 2. The van der Waals surface area contributed by atoms with E-state index in [1.807, 2.05) is 6.07 Å². The number of nitriles is 1. The summed E-state index contributed by atoms with van der Waals surface area (Å²) in [6.45, 7) is 6.04. The van der Waals surface area contributed by atoms with Crippen LogP contribution in [0.5, 0.6) is 0 Å². The Morgan fingerprint density at radius 1 is 1.33 bits per heavy atom. The lowest BCUT2D eigenvalue weighted by atomic mass is 10.1. The number of ether oxygens (including phenoxy) is 1. The third-order valence-electron chi connectivity index (χ3n) is 3.40. The summed E-state index contributed by atoms with van der Waals surface area (Å²) in [6.07, 6.45) is 2.96. The summed E-state index contributed by atoms with van der Waals surface area (Å²) in [5, 5.41) is 11.6. The maximum Gasteiger partial charge on any atom is 0.411 e. The van der Waals surface area contributed by atoms with Crippen molar-refractivity contribution in [1.82, 2.24) is 10.2 Å². The first-order chi connectivity index (χ1) is 11.3. The van der Waals surface area contributed by atoms with Gasteiger partial charge in [0.25, 0.3) is 0 Å². The molecule has 1 heterocycles. The maximum absolute atomic E-state index is 12.4. The summed E-state index contributed by atoms with van der Waals surface area (Å²) in [6, 6.07) is 8.35. The van der Waals surface area contributed by atoms with Crippen molar-refractivity contribution in [3.63, 3.8) is 0 Å². The molecule has 0 aromatic heterocycles. The Balaban J connectivity index is 1.94. The van der Waals surface area contributed by atoms with E-state index >= 15 is 0 Å². The maximum atomic E-state index is 12.4. The Morgan fingerprint density at radius 2 is 2.00 bits per heavy atom. The Bertz CT molecular complexity index is 681. The van der Waals surface area contributed by atoms with Gasteiger partial charge in [-0.15, -0.1) is 0 Å². The van der Waals surface area contributed by atoms with Gasteiger partial charge in [0.2, 0.25) is 5.91 Å². The molecule has 1 aliphatic rings. The lowest BCUT2D eigenvalue weighted by Crippen LogP contribution is -2.47. The molecular weight excluding hydrogens is 306 g/mol. The number of carbonyl (C=O) groups excluding carboxylic acids is 2. The third kappa shape index (κ3) is 4.59. The van der Waals surface area contributed by atoms with Gasteiger partial charge in [-0.3, -0.25) is 9.69 Å². The van der Waals surface area contributed by atoms with Gasteiger partial charge in [-0.25, -0.2) is 4.79 Å². The first-order valence-electron chi connectivity index (χ1n) is 7.73. The van der Waals surface area contributed by atoms with E-state index in [0.29, 0.717) is 18.7 Å². The Kier molecular flexibility index (Phi) is 5.24. The van der Waals surface area contributed by atoms with Crippen molar-refractivity contribution in [3.05, 3.63) is 47.5 Å². The summed E-state index contributed by atoms with van der Waals surface area (Å²) in [5.74, 6) is -0.265. The van der Waals surface area contributed by atoms with Crippen LogP contribution in [0.3, 0.4) is 0 Å². The monoisotopic (exact) mass is 327 g/mol. The second-order valence-corrected chi connectivity index (χ2v) is 6.53. The minimum atomic E-state index is -0.668. The van der Waals surface area contributed by atoms with Gasteiger partial charge < -0.3 is 10.1 Å². The van der Waals surface area contributed by atoms with Crippen LogP contribution in [0.1, 0.15) is 31.9 Å². The first-order valence-corrected chi connectivity index (χ1v) is 7.73. The Labute approximate surface area is 141 Å². The van der Waals surface area contributed by atoms with Gasteiger partial charge in [-0.2, -0.15) is 5.26 Å². The average molecular weight is 327 g/mol. The van der Waals surface area contributed by atoms with E-state index in [-0.39, 0.29) is 5.91 Å². The minimum absolute atomic E-state index is 0.265. The van der Waals surface area contributed by atoms with E-state index in [0.717, 1.165) is 5.56 Å². The van der Waals surface area contributed by atoms with E-state index in [1.165, 1.54) is 4.90 Å². The number of rotatable bonds is 3. The zero-order valence-electron chi connectivity index (χ0n) is 14.1. The van der Waals surface area contributed by atoms with Crippen LogP contribution in [0.15, 0.2) is 36.4 Å². The number of nitrogens with one attached hydrogen (secondary N) is 1. The van der Waals surface area contributed by atoms with Crippen LogP contribution >= 0.6 is 0 Å². The fourth-order valence-corrected chi connectivity index (χ4v) is 2.25. The van der Waals surface area contributed by atoms with Gasteiger partial charge in [0.05, 0.1) is 11.6 Å². The zero-order valence-corrected chi connectivity index (χ0v) is 14.1. The van der Waals surface area contributed by atoms with Crippen LogP contribution < -0.4 is 5.32 Å².